The van der Waals surface area contributed by atoms with Crippen LogP contribution >= 0.6 is 0 Å². The molecule has 0 saturated carbocycles. The normalized spacial score (nSPS) is 15.4. The van der Waals surface area contributed by atoms with E-state index in [9.17, 15) is 10.2 Å². The summed E-state index contributed by atoms with van der Waals surface area (Å²) in [6, 6.07) is 10.1. The first kappa shape index (κ1) is 21.1. The molecule has 0 aliphatic carbocycles. The average molecular weight is 421 g/mol. The number of methoxy groups -OCH3 is 1. The molecule has 1 aromatic carbocycles. The van der Waals surface area contributed by atoms with Crippen LogP contribution in [0.1, 0.15) is 28.2 Å². The van der Waals surface area contributed by atoms with E-state index in [1.54, 1.807) is 7.11 Å². The second-order valence-corrected chi connectivity index (χ2v) is 7.63. The van der Waals surface area contributed by atoms with Crippen molar-refractivity contribution in [2.24, 2.45) is 4.99 Å². The van der Waals surface area contributed by atoms with E-state index in [0.29, 0.717) is 35.8 Å². The lowest BCUT2D eigenvalue weighted by Gasteiger charge is -2.09. The van der Waals surface area contributed by atoms with Crippen molar-refractivity contribution >= 4 is 22.7 Å². The van der Waals surface area contributed by atoms with Crippen molar-refractivity contribution in [2.75, 3.05) is 26.9 Å². The molecule has 0 amide bonds. The number of H-pyrrole nitrogens is 2. The number of para-hydroxylation sites is 1. The number of aromatic nitrogens is 2. The monoisotopic (exact) mass is 420 g/mol. The van der Waals surface area contributed by atoms with Crippen molar-refractivity contribution in [3.05, 3.63) is 75.6 Å². The molecule has 7 nitrogen and oxygen atoms in total. The van der Waals surface area contributed by atoms with Crippen LogP contribution in [0.25, 0.3) is 17.0 Å². The third-order valence-corrected chi connectivity index (χ3v) is 5.50. The van der Waals surface area contributed by atoms with Gasteiger partial charge in [-0.3, -0.25) is 0 Å². The maximum Gasteiger partial charge on any atom is 0.152 e. The SMILES string of the molecule is COC1=C(CO)C(c2[nH]c3ccccc3c2CNCCO)=N/C1=C\c1[nH]c(C)cc1C. The van der Waals surface area contributed by atoms with Gasteiger partial charge in [0.25, 0.3) is 0 Å². The summed E-state index contributed by atoms with van der Waals surface area (Å²) in [6.45, 7) is 4.99. The number of aliphatic imine (C=N–C) groups is 1. The van der Waals surface area contributed by atoms with E-state index in [4.69, 9.17) is 9.73 Å². The molecule has 1 aliphatic heterocycles. The number of ether oxygens (including phenoxy) is 1. The number of nitrogens with one attached hydrogen (secondary N) is 3. The fraction of sp³-hybridized carbons (Fsp3) is 0.292. The minimum Gasteiger partial charge on any atom is -0.494 e. The Balaban J connectivity index is 1.86. The third-order valence-electron chi connectivity index (χ3n) is 5.50. The Morgan fingerprint density at radius 2 is 1.97 bits per heavy atom. The zero-order chi connectivity index (χ0) is 22.0. The second kappa shape index (κ2) is 8.93. The fourth-order valence-electron chi connectivity index (χ4n) is 4.09. The van der Waals surface area contributed by atoms with Crippen molar-refractivity contribution in [2.45, 2.75) is 20.4 Å². The molecule has 3 aromatic rings. The molecular formula is C24H28N4O3. The van der Waals surface area contributed by atoms with Crippen molar-refractivity contribution in [1.82, 2.24) is 15.3 Å². The number of fused-ring (bicyclic) bond motifs is 1. The molecule has 1 aliphatic rings. The van der Waals surface area contributed by atoms with Gasteiger partial charge < -0.3 is 30.2 Å². The van der Waals surface area contributed by atoms with Gasteiger partial charge >= 0.3 is 0 Å². The van der Waals surface area contributed by atoms with Crippen LogP contribution in [0, 0.1) is 13.8 Å². The van der Waals surface area contributed by atoms with Crippen LogP contribution in [0.15, 0.2) is 52.4 Å². The number of aryl methyl sites for hydroxylation is 2. The topological polar surface area (TPSA) is 106 Å². The predicted octanol–water partition coefficient (Wildman–Crippen LogP) is 2.93. The highest BCUT2D eigenvalue weighted by Crippen LogP contribution is 2.33. The van der Waals surface area contributed by atoms with E-state index < -0.39 is 0 Å². The van der Waals surface area contributed by atoms with E-state index in [1.165, 1.54) is 0 Å². The van der Waals surface area contributed by atoms with Gasteiger partial charge in [0, 0.05) is 46.5 Å². The standard InChI is InChI=1S/C24H28N4O3/c1-14-10-15(2)26-20(14)11-21-24(31-3)18(13-30)23(28-21)22-17(12-25-8-9-29)16-6-4-5-7-19(16)27-22/h4-7,10-11,25-27,29-30H,8-9,12-13H2,1-3H3/b21-11-. The Morgan fingerprint density at radius 1 is 1.16 bits per heavy atom. The summed E-state index contributed by atoms with van der Waals surface area (Å²) in [5.74, 6) is 0.567. The predicted molar refractivity (Wildman–Crippen MR) is 123 cm³/mol. The van der Waals surface area contributed by atoms with Crippen LogP contribution in [0.2, 0.25) is 0 Å². The molecule has 0 atom stereocenters. The molecular weight excluding hydrogens is 392 g/mol. The summed E-state index contributed by atoms with van der Waals surface area (Å²) in [5, 5.41) is 23.7. The van der Waals surface area contributed by atoms with Crippen molar-refractivity contribution in [3.63, 3.8) is 0 Å². The molecule has 0 unspecified atom stereocenters. The highest BCUT2D eigenvalue weighted by Gasteiger charge is 2.29. The Bertz CT molecular complexity index is 1200. The Kier molecular flexibility index (Phi) is 6.08. The van der Waals surface area contributed by atoms with E-state index in [2.05, 4.69) is 27.4 Å². The number of aliphatic hydroxyl groups is 2. The highest BCUT2D eigenvalue weighted by molar-refractivity contribution is 6.18. The first-order chi connectivity index (χ1) is 15.1. The van der Waals surface area contributed by atoms with Crippen molar-refractivity contribution < 1.29 is 14.9 Å². The maximum atomic E-state index is 10.2. The molecule has 31 heavy (non-hydrogen) atoms. The summed E-state index contributed by atoms with van der Waals surface area (Å²) >= 11 is 0. The number of hydrogen-bond donors (Lipinski definition) is 5. The van der Waals surface area contributed by atoms with Crippen molar-refractivity contribution in [3.8, 4) is 0 Å². The quantitative estimate of drug-likeness (QED) is 0.361. The Morgan fingerprint density at radius 3 is 2.65 bits per heavy atom. The van der Waals surface area contributed by atoms with Gasteiger partial charge in [-0.05, 0) is 37.6 Å². The van der Waals surface area contributed by atoms with Crippen LogP contribution in [-0.2, 0) is 11.3 Å². The van der Waals surface area contributed by atoms with Gasteiger partial charge in [0.2, 0.25) is 0 Å². The highest BCUT2D eigenvalue weighted by atomic mass is 16.5. The average Bonchev–Trinajstić information content (AvgIpc) is 3.40. The second-order valence-electron chi connectivity index (χ2n) is 7.63. The summed E-state index contributed by atoms with van der Waals surface area (Å²) < 4.78 is 5.67. The lowest BCUT2D eigenvalue weighted by molar-refractivity contribution is 0.283. The van der Waals surface area contributed by atoms with E-state index in [0.717, 1.165) is 39.1 Å². The van der Waals surface area contributed by atoms with Crippen molar-refractivity contribution in [1.29, 1.82) is 0 Å². The fourth-order valence-corrected chi connectivity index (χ4v) is 4.09. The third kappa shape index (κ3) is 3.95. The lowest BCUT2D eigenvalue weighted by atomic mass is 10.0. The lowest BCUT2D eigenvalue weighted by Crippen LogP contribution is -2.19. The minimum absolute atomic E-state index is 0.0655. The largest absolute Gasteiger partial charge is 0.494 e. The Hall–Kier alpha value is -3.13. The molecule has 4 rings (SSSR count). The maximum absolute atomic E-state index is 10.2. The number of nitrogens with zero attached hydrogens (tertiary/aromatic N) is 1. The number of benzene rings is 1. The van der Waals surface area contributed by atoms with E-state index in [1.807, 2.05) is 38.1 Å². The van der Waals surface area contributed by atoms with Gasteiger partial charge in [-0.2, -0.15) is 0 Å². The molecule has 0 saturated heterocycles. The molecule has 2 aromatic heterocycles. The molecule has 7 heteroatoms. The van der Waals surface area contributed by atoms with Gasteiger partial charge in [0.1, 0.15) is 5.70 Å². The first-order valence-electron chi connectivity index (χ1n) is 10.3. The summed E-state index contributed by atoms with van der Waals surface area (Å²) in [7, 11) is 1.60. The summed E-state index contributed by atoms with van der Waals surface area (Å²) in [5.41, 5.74) is 8.01. The van der Waals surface area contributed by atoms with Crippen LogP contribution in [0.3, 0.4) is 0 Å². The van der Waals surface area contributed by atoms with Gasteiger partial charge in [0.05, 0.1) is 31.7 Å². The van der Waals surface area contributed by atoms with E-state index >= 15 is 0 Å². The Labute approximate surface area is 181 Å². The zero-order valence-electron chi connectivity index (χ0n) is 18.0. The molecule has 0 spiro atoms. The van der Waals surface area contributed by atoms with Gasteiger partial charge in [-0.1, -0.05) is 18.2 Å². The minimum atomic E-state index is -0.193. The van der Waals surface area contributed by atoms with Crippen LogP contribution in [-0.4, -0.2) is 52.8 Å². The molecule has 0 fully saturated rings. The molecule has 0 radical (unpaired) electrons. The van der Waals surface area contributed by atoms with Crippen LogP contribution < -0.4 is 5.32 Å². The van der Waals surface area contributed by atoms with Crippen LogP contribution in [0.4, 0.5) is 0 Å². The smallest absolute Gasteiger partial charge is 0.152 e. The molecule has 162 valence electrons. The number of hydrogen-bond acceptors (Lipinski definition) is 5. The van der Waals surface area contributed by atoms with Gasteiger partial charge in [-0.15, -0.1) is 0 Å². The molecule has 0 bridgehead atoms. The number of aliphatic hydroxyl groups excluding tert-OH is 2. The molecule has 5 N–H and O–H groups in total. The number of aromatic amines is 2. The first-order valence-corrected chi connectivity index (χ1v) is 10.3. The number of rotatable bonds is 8. The van der Waals surface area contributed by atoms with Gasteiger partial charge in [-0.25, -0.2) is 4.99 Å². The van der Waals surface area contributed by atoms with Crippen LogP contribution in [0.5, 0.6) is 0 Å². The summed E-state index contributed by atoms with van der Waals surface area (Å²) in [6.07, 6.45) is 1.95. The van der Waals surface area contributed by atoms with Gasteiger partial charge in [0.15, 0.2) is 5.76 Å². The summed E-state index contributed by atoms with van der Waals surface area (Å²) in [4.78, 5) is 11.7. The van der Waals surface area contributed by atoms with E-state index in [-0.39, 0.29) is 13.2 Å². The zero-order valence-corrected chi connectivity index (χ0v) is 18.0. The molecule has 3 heterocycles.